The zero-order valence-corrected chi connectivity index (χ0v) is 21.6. The molecule has 9 heteroatoms. The van der Waals surface area contributed by atoms with Gasteiger partial charge in [-0.15, -0.1) is 24.0 Å². The molecule has 1 atom stereocenters. The molecule has 0 aromatic heterocycles. The third-order valence-electron chi connectivity index (χ3n) is 5.34. The average molecular weight is 576 g/mol. The minimum absolute atomic E-state index is 0. The number of hydrogen-bond acceptors (Lipinski definition) is 4. The number of rotatable bonds is 8. The van der Waals surface area contributed by atoms with Crippen LogP contribution in [0.4, 0.5) is 8.78 Å². The van der Waals surface area contributed by atoms with Crippen LogP contribution in [0.2, 0.25) is 0 Å². The first-order chi connectivity index (χ1) is 15.1. The minimum Gasteiger partial charge on any atom is -0.379 e. The van der Waals surface area contributed by atoms with Gasteiger partial charge in [-0.1, -0.05) is 18.2 Å². The zero-order chi connectivity index (χ0) is 22.1. The molecule has 2 aromatic rings. The van der Waals surface area contributed by atoms with Gasteiger partial charge in [-0.25, -0.2) is 8.78 Å². The molecule has 176 valence electrons. The minimum atomic E-state index is -0.241. The van der Waals surface area contributed by atoms with Gasteiger partial charge >= 0.3 is 0 Å². The Bertz CT molecular complexity index is 864. The van der Waals surface area contributed by atoms with Crippen molar-refractivity contribution in [2.24, 2.45) is 4.99 Å². The Hall–Kier alpha value is -1.43. The van der Waals surface area contributed by atoms with Crippen molar-refractivity contribution in [2.75, 3.05) is 46.2 Å². The van der Waals surface area contributed by atoms with E-state index in [9.17, 15) is 8.78 Å². The number of ether oxygens (including phenoxy) is 1. The molecule has 32 heavy (non-hydrogen) atoms. The van der Waals surface area contributed by atoms with E-state index >= 15 is 0 Å². The van der Waals surface area contributed by atoms with Gasteiger partial charge in [0.05, 0.1) is 19.3 Å². The number of halogens is 3. The van der Waals surface area contributed by atoms with Crippen LogP contribution in [0.1, 0.15) is 22.7 Å². The lowest BCUT2D eigenvalue weighted by molar-refractivity contribution is 0.0170. The zero-order valence-electron chi connectivity index (χ0n) is 18.4. The van der Waals surface area contributed by atoms with Gasteiger partial charge in [0.1, 0.15) is 11.6 Å². The Morgan fingerprint density at radius 3 is 2.41 bits per heavy atom. The van der Waals surface area contributed by atoms with E-state index in [1.807, 2.05) is 24.5 Å². The van der Waals surface area contributed by atoms with Gasteiger partial charge in [0.2, 0.25) is 0 Å². The third kappa shape index (κ3) is 7.86. The van der Waals surface area contributed by atoms with Crippen molar-refractivity contribution in [3.63, 3.8) is 0 Å². The molecule has 0 spiro atoms. The van der Waals surface area contributed by atoms with Gasteiger partial charge in [-0.05, 0) is 47.2 Å². The molecule has 2 aromatic carbocycles. The van der Waals surface area contributed by atoms with Gasteiger partial charge in [0, 0.05) is 39.0 Å². The number of aliphatic imine (C=N–C) groups is 1. The average Bonchev–Trinajstić information content (AvgIpc) is 2.79. The fourth-order valence-corrected chi connectivity index (χ4v) is 4.26. The maximum absolute atomic E-state index is 13.6. The molecule has 0 aliphatic carbocycles. The molecule has 1 saturated heterocycles. The third-order valence-corrected chi connectivity index (χ3v) is 5.94. The second-order valence-electron chi connectivity index (χ2n) is 7.37. The van der Waals surface area contributed by atoms with Crippen molar-refractivity contribution in [3.05, 3.63) is 70.8 Å². The molecule has 1 heterocycles. The molecule has 0 amide bonds. The number of nitrogens with zero attached hydrogens (tertiary/aromatic N) is 2. The van der Waals surface area contributed by atoms with E-state index in [1.54, 1.807) is 24.9 Å². The van der Waals surface area contributed by atoms with E-state index in [1.165, 1.54) is 18.2 Å². The van der Waals surface area contributed by atoms with Crippen molar-refractivity contribution < 1.29 is 13.5 Å². The van der Waals surface area contributed by atoms with Gasteiger partial charge in [0.25, 0.3) is 0 Å². The Kier molecular flexibility index (Phi) is 11.7. The summed E-state index contributed by atoms with van der Waals surface area (Å²) in [7, 11) is 1.73. The van der Waals surface area contributed by atoms with Crippen molar-refractivity contribution >= 4 is 41.7 Å². The summed E-state index contributed by atoms with van der Waals surface area (Å²) in [6.07, 6.45) is 2.00. The lowest BCUT2D eigenvalue weighted by Crippen LogP contribution is -2.46. The summed E-state index contributed by atoms with van der Waals surface area (Å²) in [5, 5.41) is 6.72. The predicted octanol–water partition coefficient (Wildman–Crippen LogP) is 4.18. The van der Waals surface area contributed by atoms with Gasteiger partial charge < -0.3 is 15.4 Å². The Balaban J connectivity index is 0.00000363. The summed E-state index contributed by atoms with van der Waals surface area (Å²) in [5.41, 5.74) is 3.07. The number of morpholine rings is 1. The molecule has 1 aliphatic rings. The first kappa shape index (κ1) is 26.8. The highest BCUT2D eigenvalue weighted by Gasteiger charge is 2.23. The molecule has 5 nitrogen and oxygen atoms in total. The Labute approximate surface area is 210 Å². The monoisotopic (exact) mass is 576 g/mol. The van der Waals surface area contributed by atoms with Gasteiger partial charge in [0.15, 0.2) is 5.96 Å². The van der Waals surface area contributed by atoms with Crippen LogP contribution >= 0.6 is 35.7 Å². The maximum Gasteiger partial charge on any atom is 0.191 e. The summed E-state index contributed by atoms with van der Waals surface area (Å²) in [6, 6.07) is 11.6. The largest absolute Gasteiger partial charge is 0.379 e. The first-order valence-electron chi connectivity index (χ1n) is 10.4. The number of thioether (sulfide) groups is 1. The summed E-state index contributed by atoms with van der Waals surface area (Å²) >= 11 is 1.66. The topological polar surface area (TPSA) is 48.9 Å². The fraction of sp³-hybridized carbons (Fsp3) is 0.435. The van der Waals surface area contributed by atoms with Crippen molar-refractivity contribution in [1.82, 2.24) is 15.5 Å². The van der Waals surface area contributed by atoms with E-state index in [-0.39, 0.29) is 41.7 Å². The summed E-state index contributed by atoms with van der Waals surface area (Å²) in [6.45, 7) is 4.19. The molecular formula is C23H31F2IN4OS. The van der Waals surface area contributed by atoms with E-state index in [2.05, 4.69) is 20.5 Å². The van der Waals surface area contributed by atoms with Crippen molar-refractivity contribution in [2.45, 2.75) is 18.3 Å². The standard InChI is InChI=1S/C23H30F2N4OS.HI/c1-26-23(27-14-18-5-8-21(25)13-19(18)16-31-2)28-15-22(29-9-11-30-12-10-29)17-3-6-20(24)7-4-17;/h3-8,13,22H,9-12,14-16H2,1-2H3,(H2,26,27,28);1H. The quantitative estimate of drug-likeness (QED) is 0.281. The highest BCUT2D eigenvalue weighted by Crippen LogP contribution is 2.22. The van der Waals surface area contributed by atoms with Crippen LogP contribution in [-0.4, -0.2) is 57.0 Å². The summed E-state index contributed by atoms with van der Waals surface area (Å²) < 4.78 is 32.5. The first-order valence-corrected chi connectivity index (χ1v) is 11.8. The second-order valence-corrected chi connectivity index (χ2v) is 8.23. The van der Waals surface area contributed by atoms with Gasteiger partial charge in [-0.2, -0.15) is 11.8 Å². The van der Waals surface area contributed by atoms with Crippen LogP contribution in [0, 0.1) is 11.6 Å². The van der Waals surface area contributed by atoms with Crippen LogP contribution in [0.25, 0.3) is 0 Å². The molecule has 1 fully saturated rings. The van der Waals surface area contributed by atoms with E-state index in [0.717, 1.165) is 35.5 Å². The molecule has 0 bridgehead atoms. The summed E-state index contributed by atoms with van der Waals surface area (Å²) in [4.78, 5) is 6.67. The SMILES string of the molecule is CN=C(NCc1ccc(F)cc1CSC)NCC(c1ccc(F)cc1)N1CCOCC1.I. The van der Waals surface area contributed by atoms with E-state index in [0.29, 0.717) is 32.3 Å². The smallest absolute Gasteiger partial charge is 0.191 e. The molecule has 1 aliphatic heterocycles. The lowest BCUT2D eigenvalue weighted by atomic mass is 10.0. The molecule has 1 unspecified atom stereocenters. The molecular weight excluding hydrogens is 545 g/mol. The number of nitrogens with one attached hydrogen (secondary N) is 2. The van der Waals surface area contributed by atoms with E-state index in [4.69, 9.17) is 4.74 Å². The fourth-order valence-electron chi connectivity index (χ4n) is 3.68. The number of benzene rings is 2. The number of hydrogen-bond donors (Lipinski definition) is 2. The Morgan fingerprint density at radius 1 is 1.06 bits per heavy atom. The van der Waals surface area contributed by atoms with E-state index < -0.39 is 0 Å². The second kappa shape index (κ2) is 14.0. The van der Waals surface area contributed by atoms with Crippen LogP contribution in [-0.2, 0) is 17.0 Å². The molecule has 0 saturated carbocycles. The predicted molar refractivity (Wildman–Crippen MR) is 139 cm³/mol. The highest BCUT2D eigenvalue weighted by atomic mass is 127. The Morgan fingerprint density at radius 2 is 1.75 bits per heavy atom. The normalized spacial score (nSPS) is 15.7. The van der Waals surface area contributed by atoms with Crippen molar-refractivity contribution in [3.8, 4) is 0 Å². The molecule has 2 N–H and O–H groups in total. The van der Waals surface area contributed by atoms with Crippen LogP contribution < -0.4 is 10.6 Å². The molecule has 3 rings (SSSR count). The lowest BCUT2D eigenvalue weighted by Gasteiger charge is -2.35. The van der Waals surface area contributed by atoms with Crippen molar-refractivity contribution in [1.29, 1.82) is 0 Å². The maximum atomic E-state index is 13.6. The highest BCUT2D eigenvalue weighted by molar-refractivity contribution is 14.0. The molecule has 0 radical (unpaired) electrons. The van der Waals surface area contributed by atoms with Gasteiger partial charge in [-0.3, -0.25) is 9.89 Å². The van der Waals surface area contributed by atoms with Crippen LogP contribution in [0.3, 0.4) is 0 Å². The van der Waals surface area contributed by atoms with Crippen LogP contribution in [0.15, 0.2) is 47.5 Å². The number of guanidine groups is 1. The van der Waals surface area contributed by atoms with Crippen LogP contribution in [0.5, 0.6) is 0 Å². The summed E-state index contributed by atoms with van der Waals surface area (Å²) in [5.74, 6) is 0.961.